The molecule has 0 saturated carbocycles. The number of carbonyl (C=O) groups excluding carboxylic acids is 1. The highest BCUT2D eigenvalue weighted by Gasteiger charge is 2.30. The molecule has 0 bridgehead atoms. The number of H-pyrrole nitrogens is 1. The molecule has 2 heterocycles. The number of halogens is 1. The first kappa shape index (κ1) is 17.6. The maximum atomic E-state index is 13.3. The smallest absolute Gasteiger partial charge is 0.322 e. The number of carboxylic acids is 1. The van der Waals surface area contributed by atoms with Crippen LogP contribution in [0.1, 0.15) is 10.5 Å². The van der Waals surface area contributed by atoms with Crippen LogP contribution in [0, 0.1) is 0 Å². The summed E-state index contributed by atoms with van der Waals surface area (Å²) in [7, 11) is 0. The number of aromatic nitrogens is 1. The van der Waals surface area contributed by atoms with Crippen molar-refractivity contribution in [3.63, 3.8) is 0 Å². The van der Waals surface area contributed by atoms with Crippen LogP contribution in [-0.2, 0) is 4.79 Å². The summed E-state index contributed by atoms with van der Waals surface area (Å²) in [5, 5.41) is 13.6. The summed E-state index contributed by atoms with van der Waals surface area (Å²) in [6.07, 6.45) is 0. The molecule has 4 rings (SSSR count). The van der Waals surface area contributed by atoms with Crippen LogP contribution >= 0.6 is 11.6 Å². The zero-order valence-corrected chi connectivity index (χ0v) is 15.2. The molecule has 3 N–H and O–H groups in total. The Balaban J connectivity index is 1.81. The third-order valence-electron chi connectivity index (χ3n) is 4.80. The van der Waals surface area contributed by atoms with Gasteiger partial charge < -0.3 is 20.3 Å². The van der Waals surface area contributed by atoms with Gasteiger partial charge in [-0.1, -0.05) is 41.9 Å². The summed E-state index contributed by atoms with van der Waals surface area (Å²) in [4.78, 5) is 29.4. The van der Waals surface area contributed by atoms with Crippen LogP contribution in [0.2, 0.25) is 5.02 Å². The number of fused-ring (bicyclic) bond motifs is 1. The first-order valence-corrected chi connectivity index (χ1v) is 9.04. The number of nitrogens with one attached hydrogen (secondary N) is 2. The van der Waals surface area contributed by atoms with Crippen molar-refractivity contribution in [1.29, 1.82) is 0 Å². The zero-order valence-electron chi connectivity index (χ0n) is 14.4. The summed E-state index contributed by atoms with van der Waals surface area (Å²) in [5.74, 6) is -1.17. The highest BCUT2D eigenvalue weighted by molar-refractivity contribution is 6.31. The van der Waals surface area contributed by atoms with Gasteiger partial charge >= 0.3 is 5.97 Å². The fourth-order valence-corrected chi connectivity index (χ4v) is 3.66. The van der Waals surface area contributed by atoms with E-state index in [0.717, 1.165) is 22.0 Å². The molecule has 2 aromatic carbocycles. The molecule has 0 radical (unpaired) electrons. The predicted molar refractivity (Wildman–Crippen MR) is 104 cm³/mol. The first-order valence-electron chi connectivity index (χ1n) is 8.66. The van der Waals surface area contributed by atoms with Crippen LogP contribution in [0.5, 0.6) is 0 Å². The summed E-state index contributed by atoms with van der Waals surface area (Å²) >= 11 is 6.19. The van der Waals surface area contributed by atoms with Gasteiger partial charge in [0.1, 0.15) is 11.7 Å². The third kappa shape index (κ3) is 3.29. The van der Waals surface area contributed by atoms with Gasteiger partial charge in [-0.25, -0.2) is 0 Å². The Morgan fingerprint density at radius 1 is 1.15 bits per heavy atom. The van der Waals surface area contributed by atoms with Crippen LogP contribution < -0.4 is 5.32 Å². The van der Waals surface area contributed by atoms with Crippen molar-refractivity contribution in [3.05, 3.63) is 59.2 Å². The number of hydrogen-bond acceptors (Lipinski definition) is 3. The van der Waals surface area contributed by atoms with Gasteiger partial charge in [-0.3, -0.25) is 9.59 Å². The third-order valence-corrected chi connectivity index (χ3v) is 5.03. The standard InChI is InChI=1S/C20H18ClN3O3/c21-13-6-7-15-14(10-13)17(12-4-2-1-3-5-12)18(23-15)19(25)24-9-8-22-16(11-24)20(26)27/h1-7,10,16,22-23H,8-9,11H2,(H,26,27). The highest BCUT2D eigenvalue weighted by Crippen LogP contribution is 2.34. The van der Waals surface area contributed by atoms with Crippen molar-refractivity contribution in [1.82, 2.24) is 15.2 Å². The number of carboxylic acid groups (broad SMARTS) is 1. The zero-order chi connectivity index (χ0) is 19.0. The maximum Gasteiger partial charge on any atom is 0.322 e. The van der Waals surface area contributed by atoms with Crippen LogP contribution in [0.25, 0.3) is 22.0 Å². The number of hydrogen-bond donors (Lipinski definition) is 3. The molecular weight excluding hydrogens is 366 g/mol. The number of carbonyl (C=O) groups is 2. The number of nitrogens with zero attached hydrogens (tertiary/aromatic N) is 1. The molecule has 0 aliphatic carbocycles. The van der Waals surface area contributed by atoms with Gasteiger partial charge in [-0.15, -0.1) is 0 Å². The van der Waals surface area contributed by atoms with E-state index in [-0.39, 0.29) is 12.5 Å². The van der Waals surface area contributed by atoms with Crippen molar-refractivity contribution in [3.8, 4) is 11.1 Å². The van der Waals surface area contributed by atoms with Gasteiger partial charge in [0, 0.05) is 41.1 Å². The minimum atomic E-state index is -0.959. The molecule has 1 aliphatic heterocycles. The van der Waals surface area contributed by atoms with E-state index >= 15 is 0 Å². The lowest BCUT2D eigenvalue weighted by Gasteiger charge is -2.31. The second-order valence-electron chi connectivity index (χ2n) is 6.53. The molecule has 0 spiro atoms. The number of aromatic amines is 1. The van der Waals surface area contributed by atoms with Crippen molar-refractivity contribution in [2.75, 3.05) is 19.6 Å². The van der Waals surface area contributed by atoms with Gasteiger partial charge in [-0.05, 0) is 23.8 Å². The second kappa shape index (κ2) is 7.06. The topological polar surface area (TPSA) is 85.4 Å². The highest BCUT2D eigenvalue weighted by atomic mass is 35.5. The Hall–Kier alpha value is -2.83. The van der Waals surface area contributed by atoms with E-state index in [4.69, 9.17) is 11.6 Å². The number of aliphatic carboxylic acids is 1. The lowest BCUT2D eigenvalue weighted by molar-refractivity contribution is -0.140. The molecule has 1 atom stereocenters. The van der Waals surface area contributed by atoms with E-state index in [0.29, 0.717) is 23.8 Å². The Bertz CT molecular complexity index is 1020. The van der Waals surface area contributed by atoms with Crippen LogP contribution in [0.15, 0.2) is 48.5 Å². The monoisotopic (exact) mass is 383 g/mol. The summed E-state index contributed by atoms with van der Waals surface area (Å²) in [6.45, 7) is 1.01. The molecule has 138 valence electrons. The Morgan fingerprint density at radius 2 is 1.93 bits per heavy atom. The average Bonchev–Trinajstić information content (AvgIpc) is 3.06. The maximum absolute atomic E-state index is 13.3. The molecule has 1 aliphatic rings. The molecule has 1 saturated heterocycles. The largest absolute Gasteiger partial charge is 0.480 e. The molecule has 3 aromatic rings. The molecule has 1 fully saturated rings. The molecule has 27 heavy (non-hydrogen) atoms. The van der Waals surface area contributed by atoms with Gasteiger partial charge in [0.15, 0.2) is 0 Å². The van der Waals surface area contributed by atoms with E-state index in [1.54, 1.807) is 11.0 Å². The predicted octanol–water partition coefficient (Wildman–Crippen LogP) is 2.99. The van der Waals surface area contributed by atoms with Crippen molar-refractivity contribution < 1.29 is 14.7 Å². The van der Waals surface area contributed by atoms with Crippen LogP contribution in [0.3, 0.4) is 0 Å². The molecule has 6 nitrogen and oxygen atoms in total. The van der Waals surface area contributed by atoms with Crippen LogP contribution in [-0.4, -0.2) is 52.5 Å². The quantitative estimate of drug-likeness (QED) is 0.649. The first-order chi connectivity index (χ1) is 13.0. The van der Waals surface area contributed by atoms with E-state index in [2.05, 4.69) is 10.3 Å². The van der Waals surface area contributed by atoms with Gasteiger partial charge in [0.2, 0.25) is 0 Å². The van der Waals surface area contributed by atoms with Crippen molar-refractivity contribution in [2.24, 2.45) is 0 Å². The Kier molecular flexibility index (Phi) is 4.59. The number of piperazine rings is 1. The van der Waals surface area contributed by atoms with Gasteiger partial charge in [0.25, 0.3) is 5.91 Å². The van der Waals surface area contributed by atoms with Crippen LogP contribution in [0.4, 0.5) is 0 Å². The minimum Gasteiger partial charge on any atom is -0.480 e. The Morgan fingerprint density at radius 3 is 2.67 bits per heavy atom. The second-order valence-corrected chi connectivity index (χ2v) is 6.96. The SMILES string of the molecule is O=C(O)C1CN(C(=O)c2[nH]c3ccc(Cl)cc3c2-c2ccccc2)CCN1. The molecule has 7 heteroatoms. The molecule has 1 amide bonds. The lowest BCUT2D eigenvalue weighted by Crippen LogP contribution is -2.55. The fourth-order valence-electron chi connectivity index (χ4n) is 3.49. The average molecular weight is 384 g/mol. The molecule has 1 unspecified atom stereocenters. The number of amides is 1. The summed E-state index contributed by atoms with van der Waals surface area (Å²) in [5.41, 5.74) is 2.94. The molecule has 1 aromatic heterocycles. The van der Waals surface area contributed by atoms with E-state index in [9.17, 15) is 14.7 Å². The lowest BCUT2D eigenvalue weighted by atomic mass is 10.0. The van der Waals surface area contributed by atoms with Crippen molar-refractivity contribution in [2.45, 2.75) is 6.04 Å². The van der Waals surface area contributed by atoms with Gasteiger partial charge in [0.05, 0.1) is 0 Å². The van der Waals surface area contributed by atoms with E-state index < -0.39 is 12.0 Å². The van der Waals surface area contributed by atoms with E-state index in [1.165, 1.54) is 0 Å². The fraction of sp³-hybridized carbons (Fsp3) is 0.200. The van der Waals surface area contributed by atoms with Gasteiger partial charge in [-0.2, -0.15) is 0 Å². The summed E-state index contributed by atoms with van der Waals surface area (Å²) in [6, 6.07) is 14.3. The van der Waals surface area contributed by atoms with Crippen molar-refractivity contribution >= 4 is 34.4 Å². The minimum absolute atomic E-state index is 0.124. The normalized spacial score (nSPS) is 17.2. The number of benzene rings is 2. The molecular formula is C20H18ClN3O3. The Labute approximate surface area is 160 Å². The summed E-state index contributed by atoms with van der Waals surface area (Å²) < 4.78 is 0. The number of rotatable bonds is 3. The van der Waals surface area contributed by atoms with E-state index in [1.807, 2.05) is 42.5 Å².